The number of aliphatic carboxylic acids is 1. The molecule has 0 aromatic rings. The number of rotatable bonds is 3. The molecule has 0 aromatic carbocycles. The zero-order valence-electron chi connectivity index (χ0n) is 10.3. The highest BCUT2D eigenvalue weighted by Gasteiger charge is 2.28. The zero-order valence-corrected chi connectivity index (χ0v) is 10.3. The van der Waals surface area contributed by atoms with Crippen LogP contribution >= 0.6 is 0 Å². The number of piperidine rings is 1. The zero-order chi connectivity index (χ0) is 13.0. The fourth-order valence-electron chi connectivity index (χ4n) is 1.82. The molecule has 0 bridgehead atoms. The maximum atomic E-state index is 11.9. The Balaban J connectivity index is 2.44. The summed E-state index contributed by atoms with van der Waals surface area (Å²) in [6.07, 6.45) is 0.231. The number of carbonyl (C=O) groups is 2. The fourth-order valence-corrected chi connectivity index (χ4v) is 1.82. The molecule has 1 fully saturated rings. The number of carboxylic acid groups (broad SMARTS) is 1. The highest BCUT2D eigenvalue weighted by atomic mass is 16.4. The Bertz CT molecular complexity index is 295. The third kappa shape index (κ3) is 3.89. The second kappa shape index (κ2) is 5.86. The van der Waals surface area contributed by atoms with Crippen LogP contribution < -0.4 is 0 Å². The van der Waals surface area contributed by atoms with E-state index in [1.54, 1.807) is 11.9 Å². The maximum Gasteiger partial charge on any atom is 0.319 e. The molecule has 1 heterocycles. The van der Waals surface area contributed by atoms with E-state index >= 15 is 0 Å². The van der Waals surface area contributed by atoms with Crippen LogP contribution in [0.25, 0.3) is 0 Å². The van der Waals surface area contributed by atoms with Gasteiger partial charge in [0, 0.05) is 26.7 Å². The molecule has 0 aromatic heterocycles. The molecule has 1 saturated heterocycles. The molecule has 0 radical (unpaired) electrons. The van der Waals surface area contributed by atoms with Gasteiger partial charge >= 0.3 is 12.0 Å². The van der Waals surface area contributed by atoms with Crippen molar-refractivity contribution < 1.29 is 19.8 Å². The third-order valence-corrected chi connectivity index (χ3v) is 3.18. The topological polar surface area (TPSA) is 81.1 Å². The van der Waals surface area contributed by atoms with E-state index in [1.807, 2.05) is 6.92 Å². The molecule has 0 aliphatic carbocycles. The molecule has 2 N–H and O–H groups in total. The van der Waals surface area contributed by atoms with Crippen molar-refractivity contribution in [3.8, 4) is 0 Å². The highest BCUT2D eigenvalue weighted by molar-refractivity contribution is 5.75. The summed E-state index contributed by atoms with van der Waals surface area (Å²) < 4.78 is 0. The molecule has 1 aliphatic heterocycles. The average Bonchev–Trinajstić information content (AvgIpc) is 2.28. The van der Waals surface area contributed by atoms with Crippen LogP contribution in [0.15, 0.2) is 0 Å². The van der Waals surface area contributed by atoms with E-state index in [2.05, 4.69) is 0 Å². The molecule has 0 saturated carbocycles. The van der Waals surface area contributed by atoms with Crippen molar-refractivity contribution in [2.75, 3.05) is 26.7 Å². The van der Waals surface area contributed by atoms with Gasteiger partial charge in [-0.05, 0) is 12.3 Å². The van der Waals surface area contributed by atoms with Gasteiger partial charge in [-0.15, -0.1) is 0 Å². The van der Waals surface area contributed by atoms with Crippen LogP contribution in [0.1, 0.15) is 19.8 Å². The van der Waals surface area contributed by atoms with Crippen LogP contribution in [0.2, 0.25) is 0 Å². The molecule has 1 aliphatic rings. The molecule has 0 spiro atoms. The molecule has 1 rings (SSSR count). The number of nitrogens with zero attached hydrogens (tertiary/aromatic N) is 2. The third-order valence-electron chi connectivity index (χ3n) is 3.18. The first-order valence-electron chi connectivity index (χ1n) is 5.81. The number of carbonyl (C=O) groups excluding carboxylic acids is 1. The van der Waals surface area contributed by atoms with Crippen LogP contribution in [0.3, 0.4) is 0 Å². The minimum atomic E-state index is -0.919. The number of aliphatic hydroxyl groups is 1. The molecule has 2 amide bonds. The van der Waals surface area contributed by atoms with Crippen molar-refractivity contribution >= 4 is 12.0 Å². The molecule has 2 unspecified atom stereocenters. The lowest BCUT2D eigenvalue weighted by molar-refractivity contribution is -0.137. The van der Waals surface area contributed by atoms with Crippen LogP contribution in [-0.4, -0.2) is 64.8 Å². The minimum Gasteiger partial charge on any atom is -0.481 e. The lowest BCUT2D eigenvalue weighted by Gasteiger charge is -2.36. The van der Waals surface area contributed by atoms with Gasteiger partial charge in [0.1, 0.15) is 0 Å². The summed E-state index contributed by atoms with van der Waals surface area (Å²) in [4.78, 5) is 25.3. The molecule has 6 nitrogen and oxygen atoms in total. The van der Waals surface area contributed by atoms with E-state index in [0.29, 0.717) is 13.1 Å². The molecule has 2 atom stereocenters. The van der Waals surface area contributed by atoms with E-state index in [1.165, 1.54) is 4.90 Å². The van der Waals surface area contributed by atoms with Gasteiger partial charge in [0.05, 0.1) is 12.5 Å². The van der Waals surface area contributed by atoms with E-state index in [9.17, 15) is 14.7 Å². The van der Waals surface area contributed by atoms with E-state index in [-0.39, 0.29) is 24.9 Å². The first-order chi connectivity index (χ1) is 7.91. The van der Waals surface area contributed by atoms with E-state index < -0.39 is 12.1 Å². The van der Waals surface area contributed by atoms with Gasteiger partial charge < -0.3 is 20.0 Å². The summed E-state index contributed by atoms with van der Waals surface area (Å²) in [6, 6.07) is -0.211. The quantitative estimate of drug-likeness (QED) is 0.744. The summed E-state index contributed by atoms with van der Waals surface area (Å²) in [5.41, 5.74) is 0. The standard InChI is InChI=1S/C11H20N2O4/c1-8-3-6-13(7-9(8)14)11(17)12(2)5-4-10(15)16/h8-9,14H,3-7H2,1-2H3,(H,15,16). The second-order valence-electron chi connectivity index (χ2n) is 4.63. The molecular formula is C11H20N2O4. The van der Waals surface area contributed by atoms with Gasteiger partial charge in [-0.1, -0.05) is 6.92 Å². The smallest absolute Gasteiger partial charge is 0.319 e. The normalized spacial score (nSPS) is 24.5. The molecule has 98 valence electrons. The largest absolute Gasteiger partial charge is 0.481 e. The lowest BCUT2D eigenvalue weighted by Crippen LogP contribution is -2.50. The SMILES string of the molecule is CC1CCN(C(=O)N(C)CCC(=O)O)CC1O. The number of hydrogen-bond acceptors (Lipinski definition) is 3. The number of carboxylic acids is 1. The number of urea groups is 1. The summed E-state index contributed by atoms with van der Waals surface area (Å²) in [5.74, 6) is -0.708. The number of aliphatic hydroxyl groups excluding tert-OH is 1. The predicted molar refractivity (Wildman–Crippen MR) is 61.6 cm³/mol. The van der Waals surface area contributed by atoms with Gasteiger partial charge in [0.25, 0.3) is 0 Å². The lowest BCUT2D eigenvalue weighted by atomic mass is 9.96. The van der Waals surface area contributed by atoms with Gasteiger partial charge in [0.15, 0.2) is 0 Å². The van der Waals surface area contributed by atoms with Crippen molar-refractivity contribution in [2.24, 2.45) is 5.92 Å². The fraction of sp³-hybridized carbons (Fsp3) is 0.818. The molecule has 17 heavy (non-hydrogen) atoms. The highest BCUT2D eigenvalue weighted by Crippen LogP contribution is 2.17. The first kappa shape index (κ1) is 13.8. The number of β-amino-alcohol motifs (C(OH)–C–C–N with tert-alkyl or cyclic N) is 1. The Hall–Kier alpha value is -1.30. The second-order valence-corrected chi connectivity index (χ2v) is 4.63. The minimum absolute atomic E-state index is 0.0605. The monoisotopic (exact) mass is 244 g/mol. The Kier molecular flexibility index (Phi) is 4.74. The van der Waals surface area contributed by atoms with Crippen molar-refractivity contribution in [1.29, 1.82) is 0 Å². The number of hydrogen-bond donors (Lipinski definition) is 2. The van der Waals surface area contributed by atoms with Gasteiger partial charge in [0.2, 0.25) is 0 Å². The van der Waals surface area contributed by atoms with Crippen LogP contribution in [-0.2, 0) is 4.79 Å². The van der Waals surface area contributed by atoms with Gasteiger partial charge in [-0.25, -0.2) is 4.79 Å². The van der Waals surface area contributed by atoms with Crippen molar-refractivity contribution in [3.05, 3.63) is 0 Å². The number of likely N-dealkylation sites (tertiary alicyclic amines) is 1. The summed E-state index contributed by atoms with van der Waals surface area (Å²) in [5, 5.41) is 18.2. The van der Waals surface area contributed by atoms with Gasteiger partial charge in [-0.3, -0.25) is 4.79 Å². The van der Waals surface area contributed by atoms with E-state index in [0.717, 1.165) is 6.42 Å². The van der Waals surface area contributed by atoms with Crippen LogP contribution in [0, 0.1) is 5.92 Å². The summed E-state index contributed by atoms with van der Waals surface area (Å²) in [6.45, 7) is 3.10. The number of amides is 2. The Morgan fingerprint density at radius 1 is 1.47 bits per heavy atom. The Morgan fingerprint density at radius 3 is 2.65 bits per heavy atom. The summed E-state index contributed by atoms with van der Waals surface area (Å²) in [7, 11) is 1.58. The van der Waals surface area contributed by atoms with Gasteiger partial charge in [-0.2, -0.15) is 0 Å². The summed E-state index contributed by atoms with van der Waals surface area (Å²) >= 11 is 0. The van der Waals surface area contributed by atoms with E-state index in [4.69, 9.17) is 5.11 Å². The Labute approximate surface area is 101 Å². The maximum absolute atomic E-state index is 11.9. The van der Waals surface area contributed by atoms with Crippen LogP contribution in [0.5, 0.6) is 0 Å². The van der Waals surface area contributed by atoms with Crippen molar-refractivity contribution in [1.82, 2.24) is 9.80 Å². The van der Waals surface area contributed by atoms with Crippen LogP contribution in [0.4, 0.5) is 4.79 Å². The van der Waals surface area contributed by atoms with Crippen molar-refractivity contribution in [3.63, 3.8) is 0 Å². The Morgan fingerprint density at radius 2 is 2.12 bits per heavy atom. The predicted octanol–water partition coefficient (Wildman–Crippen LogP) is 0.216. The first-order valence-corrected chi connectivity index (χ1v) is 5.81. The molecular weight excluding hydrogens is 224 g/mol. The van der Waals surface area contributed by atoms with Crippen molar-refractivity contribution in [2.45, 2.75) is 25.9 Å². The average molecular weight is 244 g/mol. The molecule has 6 heteroatoms.